The van der Waals surface area contributed by atoms with Crippen molar-refractivity contribution >= 4 is 41.2 Å². The molecule has 0 aromatic heterocycles. The van der Waals surface area contributed by atoms with Gasteiger partial charge in [-0.05, 0) is 49.6 Å². The quantitative estimate of drug-likeness (QED) is 0.225. The van der Waals surface area contributed by atoms with Gasteiger partial charge in [-0.1, -0.05) is 52.4 Å². The van der Waals surface area contributed by atoms with E-state index in [4.69, 9.17) is 9.05 Å². The van der Waals surface area contributed by atoms with E-state index in [0.717, 1.165) is 28.8 Å². The molecule has 0 saturated carbocycles. The summed E-state index contributed by atoms with van der Waals surface area (Å²) in [6, 6.07) is 7.32. The number of halogens is 4. The van der Waals surface area contributed by atoms with Crippen LogP contribution in [0.3, 0.4) is 0 Å². The zero-order chi connectivity index (χ0) is 23.6. The van der Waals surface area contributed by atoms with Crippen LogP contribution in [0.2, 0.25) is 0 Å². The number of nitrogens with one attached hydrogen (secondary N) is 1. The van der Waals surface area contributed by atoms with E-state index in [0.29, 0.717) is 10.5 Å². The van der Waals surface area contributed by atoms with Crippen LogP contribution < -0.4 is 4.72 Å². The molecule has 0 radical (unpaired) electrons. The predicted molar refractivity (Wildman–Crippen MR) is 124 cm³/mol. The van der Waals surface area contributed by atoms with Crippen LogP contribution >= 0.6 is 30.2 Å². The first kappa shape index (κ1) is 26.5. The van der Waals surface area contributed by atoms with Crippen molar-refractivity contribution in [2.75, 3.05) is 14.2 Å². The molecule has 0 amide bonds. The van der Waals surface area contributed by atoms with Crippen LogP contribution in [-0.2, 0) is 30.8 Å². The minimum absolute atomic E-state index is 0.373. The van der Waals surface area contributed by atoms with E-state index in [9.17, 15) is 21.9 Å². The van der Waals surface area contributed by atoms with Crippen molar-refractivity contribution in [3.05, 3.63) is 64.2 Å². The second kappa shape index (κ2) is 10.4. The lowest BCUT2D eigenvalue weighted by Gasteiger charge is -2.28. The summed E-state index contributed by atoms with van der Waals surface area (Å²) < 4.78 is 77.5. The van der Waals surface area contributed by atoms with E-state index in [2.05, 4.69) is 4.72 Å². The molecular weight excluding hydrogens is 565 g/mol. The molecule has 0 fully saturated rings. The zero-order valence-corrected chi connectivity index (χ0v) is 21.5. The average Bonchev–Trinajstić information content (AvgIpc) is 2.69. The maximum atomic E-state index is 13.3. The molecule has 2 aromatic carbocycles. The van der Waals surface area contributed by atoms with Crippen molar-refractivity contribution in [2.24, 2.45) is 0 Å². The van der Waals surface area contributed by atoms with Gasteiger partial charge >= 0.3 is 13.8 Å². The molecule has 0 aliphatic rings. The second-order valence-corrected chi connectivity index (χ2v) is 12.9. The maximum absolute atomic E-state index is 13.3. The molecule has 11 heteroatoms. The smallest absolute Gasteiger partial charge is 0.311 e. The van der Waals surface area contributed by atoms with Gasteiger partial charge in [0.1, 0.15) is 14.7 Å². The van der Waals surface area contributed by atoms with Gasteiger partial charge in [-0.25, -0.2) is 8.93 Å². The summed E-state index contributed by atoms with van der Waals surface area (Å²) in [4.78, 5) is 0.566. The Balaban J connectivity index is 2.50. The molecule has 2 rings (SSSR count). The van der Waals surface area contributed by atoms with Crippen molar-refractivity contribution in [3.63, 3.8) is 0 Å². The minimum atomic E-state index is -4.49. The highest BCUT2D eigenvalue weighted by Crippen LogP contribution is 2.58. The molecule has 0 aliphatic carbocycles. The molecule has 0 spiro atoms. The number of hydrogen-bond acceptors (Lipinski definition) is 4. The van der Waals surface area contributed by atoms with Crippen molar-refractivity contribution < 1.29 is 31.0 Å². The molecule has 172 valence electrons. The van der Waals surface area contributed by atoms with Gasteiger partial charge in [0.05, 0.1) is 16.5 Å². The van der Waals surface area contributed by atoms with Gasteiger partial charge in [0.2, 0.25) is 0 Å². The zero-order valence-electron chi connectivity index (χ0n) is 17.6. The van der Waals surface area contributed by atoms with E-state index < -0.39 is 40.0 Å². The monoisotopic (exact) mass is 589 g/mol. The van der Waals surface area contributed by atoms with E-state index in [-0.39, 0.29) is 0 Å². The second-order valence-electron chi connectivity index (χ2n) is 6.99. The van der Waals surface area contributed by atoms with Gasteiger partial charge in [-0.3, -0.25) is 4.57 Å². The minimum Gasteiger partial charge on any atom is -0.311 e. The SMILES string of the molecule is COP(=O)(OC)[C@@H](I)[C@H](N[S@@](=O)c1c(C)cc(C)cc1C)c1ccc(C(F)(F)F)cc1. The number of benzene rings is 2. The van der Waals surface area contributed by atoms with Crippen molar-refractivity contribution in [2.45, 2.75) is 41.6 Å². The Morgan fingerprint density at radius 1 is 1.03 bits per heavy atom. The number of aryl methyl sites for hydroxylation is 3. The number of hydrogen-bond donors (Lipinski definition) is 1. The van der Waals surface area contributed by atoms with Gasteiger partial charge in [0, 0.05) is 14.2 Å². The lowest BCUT2D eigenvalue weighted by atomic mass is 10.1. The van der Waals surface area contributed by atoms with Gasteiger partial charge in [-0.15, -0.1) is 0 Å². The van der Waals surface area contributed by atoms with Gasteiger partial charge in [0.15, 0.2) is 0 Å². The molecule has 3 atom stereocenters. The summed E-state index contributed by atoms with van der Waals surface area (Å²) >= 11 is 1.85. The molecule has 0 aliphatic heterocycles. The van der Waals surface area contributed by atoms with Gasteiger partial charge in [-0.2, -0.15) is 13.2 Å². The first-order valence-corrected chi connectivity index (χ1v) is 13.1. The van der Waals surface area contributed by atoms with Crippen LogP contribution in [0.1, 0.15) is 33.9 Å². The Morgan fingerprint density at radius 2 is 1.52 bits per heavy atom. The Bertz CT molecular complexity index is 970. The summed E-state index contributed by atoms with van der Waals surface area (Å²) in [7, 11) is -2.93. The van der Waals surface area contributed by atoms with Crippen molar-refractivity contribution in [1.29, 1.82) is 0 Å². The van der Waals surface area contributed by atoms with Crippen LogP contribution in [0.4, 0.5) is 13.2 Å². The number of alkyl halides is 4. The maximum Gasteiger partial charge on any atom is 0.416 e. The van der Waals surface area contributed by atoms with Gasteiger partial charge < -0.3 is 9.05 Å². The predicted octanol–water partition coefficient (Wildman–Crippen LogP) is 6.23. The molecule has 0 heterocycles. The van der Waals surface area contributed by atoms with Gasteiger partial charge in [0.25, 0.3) is 0 Å². The fourth-order valence-electron chi connectivity index (χ4n) is 3.25. The highest BCUT2D eigenvalue weighted by molar-refractivity contribution is 14.1. The van der Waals surface area contributed by atoms with E-state index in [1.54, 1.807) is 0 Å². The molecule has 0 unspecified atom stereocenters. The topological polar surface area (TPSA) is 64.6 Å². The Morgan fingerprint density at radius 3 is 1.94 bits per heavy atom. The highest BCUT2D eigenvalue weighted by Gasteiger charge is 2.40. The summed E-state index contributed by atoms with van der Waals surface area (Å²) in [6.07, 6.45) is -4.49. The Hall–Kier alpha value is -0.780. The fourth-order valence-corrected chi connectivity index (χ4v) is 8.05. The average molecular weight is 589 g/mol. The lowest BCUT2D eigenvalue weighted by molar-refractivity contribution is -0.137. The lowest BCUT2D eigenvalue weighted by Crippen LogP contribution is -2.31. The largest absolute Gasteiger partial charge is 0.416 e. The van der Waals surface area contributed by atoms with Crippen LogP contribution in [0.5, 0.6) is 0 Å². The first-order valence-electron chi connectivity index (χ1n) is 9.12. The molecule has 1 N–H and O–H groups in total. The van der Waals surface area contributed by atoms with Crippen LogP contribution in [0.15, 0.2) is 41.3 Å². The van der Waals surface area contributed by atoms with E-state index >= 15 is 0 Å². The first-order chi connectivity index (χ1) is 14.3. The Kier molecular flexibility index (Phi) is 8.91. The molecular formula is C20H24F3INO4PS. The Labute approximate surface area is 196 Å². The van der Waals surface area contributed by atoms with Crippen molar-refractivity contribution in [3.8, 4) is 0 Å². The summed E-state index contributed by atoms with van der Waals surface area (Å²) in [5.41, 5.74) is 2.19. The summed E-state index contributed by atoms with van der Waals surface area (Å²) in [6.45, 7) is 5.59. The molecule has 5 nitrogen and oxygen atoms in total. The van der Waals surface area contributed by atoms with E-state index in [1.165, 1.54) is 26.4 Å². The van der Waals surface area contributed by atoms with Crippen LogP contribution in [-0.4, -0.2) is 22.1 Å². The third-order valence-electron chi connectivity index (χ3n) is 4.71. The third kappa shape index (κ3) is 6.17. The molecule has 0 saturated heterocycles. The van der Waals surface area contributed by atoms with Crippen LogP contribution in [0.25, 0.3) is 0 Å². The summed E-state index contributed by atoms with van der Waals surface area (Å²) in [5.74, 6) is 0. The standard InChI is InChI=1S/C20H24F3INO4PS/c1-12-10-13(2)18(14(3)11-12)31(27)25-17(19(24)30(26,28-4)29-5)15-6-8-16(9-7-15)20(21,22)23/h6-11,17,19,25H,1-5H3/t17-,19-,31+/m1/s1. The number of rotatable bonds is 8. The van der Waals surface area contributed by atoms with E-state index in [1.807, 2.05) is 55.5 Å². The van der Waals surface area contributed by atoms with Crippen LogP contribution in [0, 0.1) is 20.8 Å². The van der Waals surface area contributed by atoms with Crippen molar-refractivity contribution in [1.82, 2.24) is 4.72 Å². The normalized spacial score (nSPS) is 15.5. The fraction of sp³-hybridized carbons (Fsp3) is 0.400. The third-order valence-corrected chi connectivity index (χ3v) is 10.9. The molecule has 2 aromatic rings. The molecule has 0 bridgehead atoms. The molecule has 31 heavy (non-hydrogen) atoms. The highest BCUT2D eigenvalue weighted by atomic mass is 127. The summed E-state index contributed by atoms with van der Waals surface area (Å²) in [5, 5.41) is 0.